The van der Waals surface area contributed by atoms with Crippen LogP contribution in [0.15, 0.2) is 18.2 Å². The Labute approximate surface area is 158 Å². The first-order valence-corrected chi connectivity index (χ1v) is 9.43. The van der Waals surface area contributed by atoms with E-state index in [1.165, 1.54) is 11.0 Å². The largest absolute Gasteiger partial charge is 0.376 e. The SMILES string of the molecule is Cc1cc(C(=O)N(C[C@H]2CCCO2)c2nc3c(F)cc(F)cc3s2)nn1C. The zero-order valence-electron chi connectivity index (χ0n) is 14.9. The number of fused-ring (bicyclic) bond motifs is 1. The van der Waals surface area contributed by atoms with E-state index in [0.717, 1.165) is 35.9 Å². The molecule has 3 heterocycles. The fraction of sp³-hybridized carbons (Fsp3) is 0.389. The Balaban J connectivity index is 1.75. The molecule has 1 aliphatic rings. The molecule has 0 unspecified atom stereocenters. The van der Waals surface area contributed by atoms with Crippen LogP contribution in [-0.2, 0) is 11.8 Å². The molecular weight excluding hydrogens is 374 g/mol. The second-order valence-corrected chi connectivity index (χ2v) is 7.59. The quantitative estimate of drug-likeness (QED) is 0.682. The predicted octanol–water partition coefficient (Wildman–Crippen LogP) is 3.44. The van der Waals surface area contributed by atoms with E-state index in [-0.39, 0.29) is 23.2 Å². The maximum absolute atomic E-state index is 14.1. The Morgan fingerprint density at radius 3 is 2.89 bits per heavy atom. The summed E-state index contributed by atoms with van der Waals surface area (Å²) in [4.78, 5) is 18.8. The fourth-order valence-electron chi connectivity index (χ4n) is 3.10. The number of carbonyl (C=O) groups excluding carboxylic acids is 1. The number of rotatable bonds is 4. The molecule has 1 aromatic carbocycles. The molecule has 3 aromatic rings. The summed E-state index contributed by atoms with van der Waals surface area (Å²) in [5.41, 5.74) is 1.17. The molecule has 2 aromatic heterocycles. The minimum Gasteiger partial charge on any atom is -0.376 e. The van der Waals surface area contributed by atoms with Crippen molar-refractivity contribution in [2.24, 2.45) is 7.05 Å². The monoisotopic (exact) mass is 392 g/mol. The van der Waals surface area contributed by atoms with Gasteiger partial charge >= 0.3 is 0 Å². The van der Waals surface area contributed by atoms with E-state index >= 15 is 0 Å². The van der Waals surface area contributed by atoms with Crippen molar-refractivity contribution in [1.82, 2.24) is 14.8 Å². The van der Waals surface area contributed by atoms with Crippen molar-refractivity contribution in [1.29, 1.82) is 0 Å². The first-order chi connectivity index (χ1) is 12.9. The van der Waals surface area contributed by atoms with Gasteiger partial charge in [0, 0.05) is 25.4 Å². The van der Waals surface area contributed by atoms with Crippen LogP contribution >= 0.6 is 11.3 Å². The molecule has 27 heavy (non-hydrogen) atoms. The summed E-state index contributed by atoms with van der Waals surface area (Å²) in [5, 5.41) is 4.55. The van der Waals surface area contributed by atoms with Gasteiger partial charge in [-0.25, -0.2) is 13.8 Å². The molecule has 0 spiro atoms. The van der Waals surface area contributed by atoms with Gasteiger partial charge in [0.05, 0.1) is 17.3 Å². The van der Waals surface area contributed by atoms with Crippen LogP contribution in [0.5, 0.6) is 0 Å². The van der Waals surface area contributed by atoms with Gasteiger partial charge in [-0.1, -0.05) is 11.3 Å². The molecule has 142 valence electrons. The highest BCUT2D eigenvalue weighted by Gasteiger charge is 2.29. The highest BCUT2D eigenvalue weighted by Crippen LogP contribution is 2.32. The number of aromatic nitrogens is 3. The molecule has 0 bridgehead atoms. The minimum absolute atomic E-state index is 0.0544. The number of carbonyl (C=O) groups is 1. The average molecular weight is 392 g/mol. The number of thiazole rings is 1. The number of amides is 1. The molecule has 1 saturated heterocycles. The van der Waals surface area contributed by atoms with E-state index < -0.39 is 11.6 Å². The molecular formula is C18H18F2N4O2S. The second kappa shape index (κ2) is 6.97. The number of hydrogen-bond acceptors (Lipinski definition) is 5. The minimum atomic E-state index is -0.745. The third kappa shape index (κ3) is 3.44. The Bertz CT molecular complexity index is 991. The molecule has 0 saturated carbocycles. The van der Waals surface area contributed by atoms with Crippen LogP contribution in [0, 0.1) is 18.6 Å². The average Bonchev–Trinajstić information content (AvgIpc) is 3.33. The number of benzene rings is 1. The zero-order chi connectivity index (χ0) is 19.1. The van der Waals surface area contributed by atoms with Crippen molar-refractivity contribution >= 4 is 32.6 Å². The summed E-state index contributed by atoms with van der Waals surface area (Å²) in [6, 6.07) is 3.71. The number of hydrogen-bond donors (Lipinski definition) is 0. The van der Waals surface area contributed by atoms with Crippen LogP contribution in [0.2, 0.25) is 0 Å². The third-order valence-electron chi connectivity index (χ3n) is 4.62. The lowest BCUT2D eigenvalue weighted by atomic mass is 10.2. The maximum atomic E-state index is 14.1. The smallest absolute Gasteiger partial charge is 0.280 e. The second-order valence-electron chi connectivity index (χ2n) is 6.58. The van der Waals surface area contributed by atoms with Crippen LogP contribution in [0.4, 0.5) is 13.9 Å². The van der Waals surface area contributed by atoms with E-state index in [9.17, 15) is 13.6 Å². The summed E-state index contributed by atoms with van der Waals surface area (Å²) in [6.07, 6.45) is 1.64. The van der Waals surface area contributed by atoms with Crippen molar-refractivity contribution < 1.29 is 18.3 Å². The first kappa shape index (κ1) is 18.0. The predicted molar refractivity (Wildman–Crippen MR) is 98.1 cm³/mol. The lowest BCUT2D eigenvalue weighted by molar-refractivity contribution is 0.0913. The summed E-state index contributed by atoms with van der Waals surface area (Å²) in [7, 11) is 1.76. The Morgan fingerprint density at radius 1 is 1.41 bits per heavy atom. The topological polar surface area (TPSA) is 60.3 Å². The van der Waals surface area contributed by atoms with Crippen LogP contribution in [-0.4, -0.2) is 39.9 Å². The Morgan fingerprint density at radius 2 is 2.22 bits per heavy atom. The number of anilines is 1. The molecule has 6 nitrogen and oxygen atoms in total. The van der Waals surface area contributed by atoms with Gasteiger partial charge in [0.25, 0.3) is 5.91 Å². The van der Waals surface area contributed by atoms with Gasteiger partial charge in [0.15, 0.2) is 16.6 Å². The molecule has 0 N–H and O–H groups in total. The van der Waals surface area contributed by atoms with Gasteiger partial charge in [-0.05, 0) is 31.9 Å². The molecule has 0 aliphatic carbocycles. The van der Waals surface area contributed by atoms with E-state index in [0.29, 0.717) is 23.0 Å². The maximum Gasteiger partial charge on any atom is 0.280 e. The standard InChI is InChI=1S/C18H18F2N4O2S/c1-10-6-14(22-23(10)2)17(25)24(9-12-4-3-5-26-12)18-21-16-13(20)7-11(19)8-15(16)27-18/h6-8,12H,3-5,9H2,1-2H3/t12-/m1/s1. The normalized spacial score (nSPS) is 17.0. The third-order valence-corrected chi connectivity index (χ3v) is 5.65. The fourth-order valence-corrected chi connectivity index (χ4v) is 4.12. The Kier molecular flexibility index (Phi) is 4.65. The molecule has 9 heteroatoms. The van der Waals surface area contributed by atoms with Gasteiger partial charge in [-0.2, -0.15) is 5.10 Å². The lowest BCUT2D eigenvalue weighted by Crippen LogP contribution is -2.37. The van der Waals surface area contributed by atoms with Crippen molar-refractivity contribution in [3.63, 3.8) is 0 Å². The van der Waals surface area contributed by atoms with Crippen LogP contribution in [0.25, 0.3) is 10.2 Å². The molecule has 0 radical (unpaired) electrons. The van der Waals surface area contributed by atoms with Crippen molar-refractivity contribution in [3.8, 4) is 0 Å². The number of nitrogens with zero attached hydrogens (tertiary/aromatic N) is 4. The number of ether oxygens (including phenoxy) is 1. The summed E-state index contributed by atoms with van der Waals surface area (Å²) in [6.45, 7) is 2.79. The molecule has 1 aliphatic heterocycles. The van der Waals surface area contributed by atoms with Gasteiger partial charge in [0.1, 0.15) is 11.3 Å². The van der Waals surface area contributed by atoms with E-state index in [1.54, 1.807) is 17.8 Å². The van der Waals surface area contributed by atoms with Gasteiger partial charge in [0.2, 0.25) is 0 Å². The summed E-state index contributed by atoms with van der Waals surface area (Å²) >= 11 is 1.07. The molecule has 1 amide bonds. The summed E-state index contributed by atoms with van der Waals surface area (Å²) in [5.74, 6) is -1.76. The van der Waals surface area contributed by atoms with Crippen LogP contribution in [0.1, 0.15) is 29.0 Å². The van der Waals surface area contributed by atoms with Gasteiger partial charge < -0.3 is 4.74 Å². The van der Waals surface area contributed by atoms with Crippen molar-refractivity contribution in [3.05, 3.63) is 41.2 Å². The first-order valence-electron chi connectivity index (χ1n) is 8.62. The lowest BCUT2D eigenvalue weighted by Gasteiger charge is -2.22. The van der Waals surface area contributed by atoms with Gasteiger partial charge in [-0.15, -0.1) is 0 Å². The van der Waals surface area contributed by atoms with Crippen LogP contribution in [0.3, 0.4) is 0 Å². The summed E-state index contributed by atoms with van der Waals surface area (Å²) < 4.78 is 35.2. The highest BCUT2D eigenvalue weighted by atomic mass is 32.1. The molecule has 1 atom stereocenters. The molecule has 1 fully saturated rings. The number of halogens is 2. The van der Waals surface area contributed by atoms with Crippen molar-refractivity contribution in [2.75, 3.05) is 18.1 Å². The van der Waals surface area contributed by atoms with Gasteiger partial charge in [-0.3, -0.25) is 14.4 Å². The van der Waals surface area contributed by atoms with E-state index in [4.69, 9.17) is 4.74 Å². The van der Waals surface area contributed by atoms with E-state index in [2.05, 4.69) is 10.1 Å². The van der Waals surface area contributed by atoms with Crippen LogP contribution < -0.4 is 4.90 Å². The molecule has 4 rings (SSSR count). The van der Waals surface area contributed by atoms with Crippen molar-refractivity contribution in [2.45, 2.75) is 25.9 Å². The van der Waals surface area contributed by atoms with E-state index in [1.807, 2.05) is 6.92 Å². The zero-order valence-corrected chi connectivity index (χ0v) is 15.7. The number of aryl methyl sites for hydroxylation is 2. The Hall–Kier alpha value is -2.39. The highest BCUT2D eigenvalue weighted by molar-refractivity contribution is 7.22.